The summed E-state index contributed by atoms with van der Waals surface area (Å²) in [5.74, 6) is -0.215. The van der Waals surface area contributed by atoms with Gasteiger partial charge in [-0.1, -0.05) is 29.8 Å². The number of aromatic nitrogens is 1. The average Bonchev–Trinajstić information content (AvgIpc) is 2.39. The van der Waals surface area contributed by atoms with Gasteiger partial charge < -0.3 is 4.74 Å². The summed E-state index contributed by atoms with van der Waals surface area (Å²) in [6.07, 6.45) is 3.97. The van der Waals surface area contributed by atoms with Crippen molar-refractivity contribution in [3.63, 3.8) is 0 Å². The van der Waals surface area contributed by atoms with Crippen molar-refractivity contribution < 1.29 is 9.53 Å². The quantitative estimate of drug-likeness (QED) is 0.628. The van der Waals surface area contributed by atoms with Crippen LogP contribution in [0.5, 0.6) is 0 Å². The maximum Gasteiger partial charge on any atom is 0.309 e. The highest BCUT2D eigenvalue weighted by Crippen LogP contribution is 2.17. The van der Waals surface area contributed by atoms with E-state index in [-0.39, 0.29) is 12.4 Å². The number of carbonyl (C=O) groups is 1. The molecule has 0 radical (unpaired) electrons. The number of rotatable bonds is 4. The lowest BCUT2D eigenvalue weighted by atomic mass is 10.1. The molecular formula is C15H14ClNO2. The van der Waals surface area contributed by atoms with E-state index in [0.29, 0.717) is 11.8 Å². The Morgan fingerprint density at radius 1 is 1.37 bits per heavy atom. The topological polar surface area (TPSA) is 39.2 Å². The van der Waals surface area contributed by atoms with Crippen LogP contribution in [0.25, 0.3) is 17.0 Å². The molecule has 1 aromatic carbocycles. The van der Waals surface area contributed by atoms with Gasteiger partial charge in [0.05, 0.1) is 18.5 Å². The van der Waals surface area contributed by atoms with Crippen LogP contribution in [0, 0.1) is 0 Å². The van der Waals surface area contributed by atoms with E-state index in [2.05, 4.69) is 4.98 Å². The van der Waals surface area contributed by atoms with Gasteiger partial charge in [-0.25, -0.2) is 4.98 Å². The molecule has 0 aliphatic heterocycles. The molecule has 98 valence electrons. The number of esters is 1. The Morgan fingerprint density at radius 3 is 3.00 bits per heavy atom. The van der Waals surface area contributed by atoms with Crippen LogP contribution in [0.2, 0.25) is 5.15 Å². The summed E-state index contributed by atoms with van der Waals surface area (Å²) in [6.45, 7) is 2.21. The van der Waals surface area contributed by atoms with Crippen molar-refractivity contribution in [3.8, 4) is 0 Å². The Hall–Kier alpha value is -1.87. The molecule has 0 N–H and O–H groups in total. The van der Waals surface area contributed by atoms with E-state index in [9.17, 15) is 4.79 Å². The van der Waals surface area contributed by atoms with E-state index in [1.807, 2.05) is 30.3 Å². The molecule has 0 fully saturated rings. The zero-order valence-corrected chi connectivity index (χ0v) is 11.4. The van der Waals surface area contributed by atoms with Gasteiger partial charge in [0.25, 0.3) is 0 Å². The molecule has 2 rings (SSSR count). The SMILES string of the molecule is CCOC(=O)CC=Cc1ccc2nc(Cl)ccc2c1. The third-order valence-electron chi connectivity index (χ3n) is 2.58. The van der Waals surface area contributed by atoms with Crippen molar-refractivity contribution >= 4 is 34.5 Å². The smallest absolute Gasteiger partial charge is 0.309 e. The van der Waals surface area contributed by atoms with Crippen LogP contribution in [0.4, 0.5) is 0 Å². The minimum atomic E-state index is -0.215. The molecule has 1 heterocycles. The number of pyridine rings is 1. The minimum Gasteiger partial charge on any atom is -0.466 e. The second-order valence-electron chi connectivity index (χ2n) is 4.00. The Kier molecular flexibility index (Phi) is 4.53. The highest BCUT2D eigenvalue weighted by atomic mass is 35.5. The van der Waals surface area contributed by atoms with Gasteiger partial charge in [0, 0.05) is 5.39 Å². The maximum absolute atomic E-state index is 11.2. The summed E-state index contributed by atoms with van der Waals surface area (Å²) >= 11 is 5.83. The minimum absolute atomic E-state index is 0.215. The van der Waals surface area contributed by atoms with Crippen LogP contribution in [-0.2, 0) is 9.53 Å². The van der Waals surface area contributed by atoms with Crippen LogP contribution in [0.3, 0.4) is 0 Å². The molecule has 19 heavy (non-hydrogen) atoms. The zero-order valence-electron chi connectivity index (χ0n) is 10.6. The molecule has 0 spiro atoms. The van der Waals surface area contributed by atoms with Gasteiger partial charge in [0.1, 0.15) is 5.15 Å². The maximum atomic E-state index is 11.2. The van der Waals surface area contributed by atoms with E-state index in [1.54, 1.807) is 19.1 Å². The molecule has 0 aliphatic carbocycles. The van der Waals surface area contributed by atoms with Crippen LogP contribution < -0.4 is 0 Å². The Balaban J connectivity index is 2.11. The van der Waals surface area contributed by atoms with Crippen molar-refractivity contribution in [2.75, 3.05) is 6.61 Å². The van der Waals surface area contributed by atoms with E-state index in [4.69, 9.17) is 16.3 Å². The van der Waals surface area contributed by atoms with Gasteiger partial charge in [0.2, 0.25) is 0 Å². The number of benzene rings is 1. The number of hydrogen-bond acceptors (Lipinski definition) is 3. The summed E-state index contributed by atoms with van der Waals surface area (Å²) in [5, 5.41) is 1.50. The lowest BCUT2D eigenvalue weighted by Crippen LogP contribution is -2.01. The fraction of sp³-hybridized carbons (Fsp3) is 0.200. The Morgan fingerprint density at radius 2 is 2.21 bits per heavy atom. The second-order valence-corrected chi connectivity index (χ2v) is 4.38. The van der Waals surface area contributed by atoms with Crippen molar-refractivity contribution in [1.82, 2.24) is 4.98 Å². The van der Waals surface area contributed by atoms with E-state index < -0.39 is 0 Å². The molecule has 0 bridgehead atoms. The molecule has 0 aliphatic rings. The summed E-state index contributed by atoms with van der Waals surface area (Å²) < 4.78 is 4.85. The first kappa shape index (κ1) is 13.6. The number of fused-ring (bicyclic) bond motifs is 1. The molecule has 0 unspecified atom stereocenters. The monoisotopic (exact) mass is 275 g/mol. The Bertz CT molecular complexity index is 623. The molecular weight excluding hydrogens is 262 g/mol. The summed E-state index contributed by atoms with van der Waals surface area (Å²) in [4.78, 5) is 15.4. The molecule has 0 amide bonds. The third kappa shape index (κ3) is 3.80. The molecule has 2 aromatic rings. The van der Waals surface area contributed by atoms with E-state index in [0.717, 1.165) is 16.5 Å². The first-order valence-electron chi connectivity index (χ1n) is 6.07. The molecule has 0 saturated carbocycles. The number of carbonyl (C=O) groups excluding carboxylic acids is 1. The lowest BCUT2D eigenvalue weighted by Gasteiger charge is -2.00. The largest absolute Gasteiger partial charge is 0.466 e. The summed E-state index contributed by atoms with van der Waals surface area (Å²) in [7, 11) is 0. The van der Waals surface area contributed by atoms with Crippen LogP contribution in [0.1, 0.15) is 18.9 Å². The molecule has 0 saturated heterocycles. The van der Waals surface area contributed by atoms with Crippen molar-refractivity contribution in [3.05, 3.63) is 47.1 Å². The molecule has 4 heteroatoms. The first-order chi connectivity index (χ1) is 9.19. The standard InChI is InChI=1S/C15H14ClNO2/c1-2-19-15(18)5-3-4-11-6-8-13-12(10-11)7-9-14(16)17-13/h3-4,6-10H,2,5H2,1H3. The number of hydrogen-bond donors (Lipinski definition) is 0. The zero-order chi connectivity index (χ0) is 13.7. The third-order valence-corrected chi connectivity index (χ3v) is 2.79. The predicted octanol–water partition coefficient (Wildman–Crippen LogP) is 3.85. The summed E-state index contributed by atoms with van der Waals surface area (Å²) in [5.41, 5.74) is 1.87. The lowest BCUT2D eigenvalue weighted by molar-refractivity contribution is -0.142. The fourth-order valence-corrected chi connectivity index (χ4v) is 1.89. The van der Waals surface area contributed by atoms with Crippen LogP contribution in [0.15, 0.2) is 36.4 Å². The van der Waals surface area contributed by atoms with E-state index in [1.165, 1.54) is 0 Å². The predicted molar refractivity (Wildman–Crippen MR) is 77.0 cm³/mol. The average molecular weight is 276 g/mol. The van der Waals surface area contributed by atoms with Crippen LogP contribution in [-0.4, -0.2) is 17.6 Å². The number of halogens is 1. The van der Waals surface area contributed by atoms with Gasteiger partial charge in [-0.2, -0.15) is 0 Å². The highest BCUT2D eigenvalue weighted by Gasteiger charge is 1.99. The van der Waals surface area contributed by atoms with Gasteiger partial charge >= 0.3 is 5.97 Å². The van der Waals surface area contributed by atoms with Gasteiger partial charge in [-0.3, -0.25) is 4.79 Å². The fourth-order valence-electron chi connectivity index (χ4n) is 1.73. The van der Waals surface area contributed by atoms with Crippen molar-refractivity contribution in [2.24, 2.45) is 0 Å². The van der Waals surface area contributed by atoms with Gasteiger partial charge in [-0.05, 0) is 36.8 Å². The van der Waals surface area contributed by atoms with Gasteiger partial charge in [-0.15, -0.1) is 0 Å². The van der Waals surface area contributed by atoms with Crippen molar-refractivity contribution in [1.29, 1.82) is 0 Å². The molecule has 0 atom stereocenters. The normalized spacial score (nSPS) is 11.1. The molecule has 1 aromatic heterocycles. The number of nitrogens with zero attached hydrogens (tertiary/aromatic N) is 1. The van der Waals surface area contributed by atoms with E-state index >= 15 is 0 Å². The van der Waals surface area contributed by atoms with Gasteiger partial charge in [0.15, 0.2) is 0 Å². The number of ether oxygens (including phenoxy) is 1. The Labute approximate surface area is 116 Å². The highest BCUT2D eigenvalue weighted by molar-refractivity contribution is 6.29. The summed E-state index contributed by atoms with van der Waals surface area (Å²) in [6, 6.07) is 9.53. The molecule has 3 nitrogen and oxygen atoms in total. The first-order valence-corrected chi connectivity index (χ1v) is 6.45. The van der Waals surface area contributed by atoms with Crippen LogP contribution >= 0.6 is 11.6 Å². The van der Waals surface area contributed by atoms with Crippen molar-refractivity contribution in [2.45, 2.75) is 13.3 Å². The second kappa shape index (κ2) is 6.34.